The third-order valence-electron chi connectivity index (χ3n) is 3.71. The average molecular weight is 280 g/mol. The second kappa shape index (κ2) is 5.95. The zero-order chi connectivity index (χ0) is 14.7. The molecule has 0 unspecified atom stereocenters. The minimum absolute atomic E-state index is 0.905. The van der Waals surface area contributed by atoms with E-state index in [1.165, 1.54) is 16.5 Å². The van der Waals surface area contributed by atoms with Crippen molar-refractivity contribution in [2.24, 2.45) is 0 Å². The van der Waals surface area contributed by atoms with Crippen LogP contribution >= 0.6 is 0 Å². The van der Waals surface area contributed by atoms with E-state index in [1.54, 1.807) is 0 Å². The molecule has 0 amide bonds. The van der Waals surface area contributed by atoms with Crippen LogP contribution < -0.4 is 5.32 Å². The van der Waals surface area contributed by atoms with Gasteiger partial charge in [-0.05, 0) is 37.5 Å². The van der Waals surface area contributed by atoms with Crippen LogP contribution in [-0.4, -0.2) is 21.1 Å². The minimum atomic E-state index is 0.905. The van der Waals surface area contributed by atoms with Crippen LogP contribution in [0.1, 0.15) is 17.5 Å². The van der Waals surface area contributed by atoms with Gasteiger partial charge in [0.25, 0.3) is 0 Å². The Morgan fingerprint density at radius 2 is 2.10 bits per heavy atom. The minimum Gasteiger partial charge on any atom is -0.370 e. The lowest BCUT2D eigenvalue weighted by molar-refractivity contribution is 0.660. The summed E-state index contributed by atoms with van der Waals surface area (Å²) in [6.45, 7) is 6.12. The Kier molecular flexibility index (Phi) is 3.86. The highest BCUT2D eigenvalue weighted by Gasteiger charge is 2.04. The van der Waals surface area contributed by atoms with Gasteiger partial charge in [-0.3, -0.25) is 0 Å². The van der Waals surface area contributed by atoms with Crippen molar-refractivity contribution in [2.45, 2.75) is 26.8 Å². The van der Waals surface area contributed by atoms with E-state index in [2.05, 4.69) is 53.0 Å². The topological polar surface area (TPSA) is 42.7 Å². The lowest BCUT2D eigenvalue weighted by Gasteiger charge is -2.10. The molecular weight excluding hydrogens is 260 g/mol. The molecule has 0 aliphatic carbocycles. The molecule has 4 nitrogen and oxygen atoms in total. The zero-order valence-electron chi connectivity index (χ0n) is 12.5. The van der Waals surface area contributed by atoms with Gasteiger partial charge in [0.15, 0.2) is 0 Å². The first-order chi connectivity index (χ1) is 10.2. The van der Waals surface area contributed by atoms with E-state index in [9.17, 15) is 0 Å². The van der Waals surface area contributed by atoms with E-state index in [0.29, 0.717) is 0 Å². The molecule has 108 valence electrons. The molecule has 1 aromatic carbocycles. The van der Waals surface area contributed by atoms with Crippen molar-refractivity contribution < 1.29 is 0 Å². The molecule has 0 aliphatic rings. The number of aromatic nitrogens is 3. The van der Waals surface area contributed by atoms with Crippen LogP contribution in [0.3, 0.4) is 0 Å². The van der Waals surface area contributed by atoms with Crippen LogP contribution in [0, 0.1) is 13.8 Å². The standard InChI is InChI=1S/C17H20N4/c1-13-5-3-6-15-14(2)11-16(20-17(13)15)19-7-4-9-21-10-8-18-12-21/h3,5-6,8,10-12H,4,7,9H2,1-2H3,(H,19,20). The highest BCUT2D eigenvalue weighted by Crippen LogP contribution is 2.22. The van der Waals surface area contributed by atoms with Crippen molar-refractivity contribution in [1.82, 2.24) is 14.5 Å². The fourth-order valence-corrected chi connectivity index (χ4v) is 2.55. The normalized spacial score (nSPS) is 11.0. The molecule has 0 aliphatic heterocycles. The lowest BCUT2D eigenvalue weighted by atomic mass is 10.1. The van der Waals surface area contributed by atoms with Gasteiger partial charge < -0.3 is 9.88 Å². The highest BCUT2D eigenvalue weighted by atomic mass is 15.0. The maximum atomic E-state index is 4.74. The SMILES string of the molecule is Cc1cc(NCCCn2ccnc2)nc2c(C)cccc12. The first-order valence-electron chi connectivity index (χ1n) is 7.30. The summed E-state index contributed by atoms with van der Waals surface area (Å²) in [6, 6.07) is 8.45. The molecule has 0 saturated heterocycles. The van der Waals surface area contributed by atoms with E-state index in [0.717, 1.165) is 30.8 Å². The molecule has 0 atom stereocenters. The van der Waals surface area contributed by atoms with Gasteiger partial charge in [0.1, 0.15) is 5.82 Å². The maximum absolute atomic E-state index is 4.74. The summed E-state index contributed by atoms with van der Waals surface area (Å²) in [5.41, 5.74) is 3.58. The Labute approximate surface area is 124 Å². The van der Waals surface area contributed by atoms with E-state index in [1.807, 2.05) is 18.7 Å². The summed E-state index contributed by atoms with van der Waals surface area (Å²) in [4.78, 5) is 8.78. The molecule has 0 spiro atoms. The molecule has 3 rings (SSSR count). The van der Waals surface area contributed by atoms with Crippen LogP contribution in [0.2, 0.25) is 0 Å². The van der Waals surface area contributed by atoms with Crippen molar-refractivity contribution in [1.29, 1.82) is 0 Å². The number of nitrogens with one attached hydrogen (secondary N) is 1. The van der Waals surface area contributed by atoms with E-state index < -0.39 is 0 Å². The van der Waals surface area contributed by atoms with Gasteiger partial charge in [0.2, 0.25) is 0 Å². The first kappa shape index (κ1) is 13.6. The smallest absolute Gasteiger partial charge is 0.126 e. The fourth-order valence-electron chi connectivity index (χ4n) is 2.55. The summed E-state index contributed by atoms with van der Waals surface area (Å²) in [7, 11) is 0. The van der Waals surface area contributed by atoms with Gasteiger partial charge in [0, 0.05) is 30.9 Å². The fraction of sp³-hybridized carbons (Fsp3) is 0.294. The van der Waals surface area contributed by atoms with Gasteiger partial charge in [-0.15, -0.1) is 0 Å². The van der Waals surface area contributed by atoms with Gasteiger partial charge in [0.05, 0.1) is 11.8 Å². The molecule has 1 N–H and O–H groups in total. The van der Waals surface area contributed by atoms with Crippen molar-refractivity contribution >= 4 is 16.7 Å². The molecule has 3 aromatic rings. The average Bonchev–Trinajstić information content (AvgIpc) is 2.98. The Morgan fingerprint density at radius 3 is 2.90 bits per heavy atom. The second-order valence-electron chi connectivity index (χ2n) is 5.38. The molecule has 2 heterocycles. The molecule has 0 fully saturated rings. The largest absolute Gasteiger partial charge is 0.370 e. The number of nitrogens with zero attached hydrogens (tertiary/aromatic N) is 3. The Hall–Kier alpha value is -2.36. The number of benzene rings is 1. The van der Waals surface area contributed by atoms with Gasteiger partial charge in [-0.1, -0.05) is 18.2 Å². The molecule has 0 saturated carbocycles. The molecule has 4 heteroatoms. The number of fused-ring (bicyclic) bond motifs is 1. The number of hydrogen-bond donors (Lipinski definition) is 1. The second-order valence-corrected chi connectivity index (χ2v) is 5.38. The molecule has 0 radical (unpaired) electrons. The van der Waals surface area contributed by atoms with E-state index >= 15 is 0 Å². The third kappa shape index (κ3) is 3.05. The van der Waals surface area contributed by atoms with Crippen molar-refractivity contribution in [3.63, 3.8) is 0 Å². The van der Waals surface area contributed by atoms with Crippen LogP contribution in [0.5, 0.6) is 0 Å². The van der Waals surface area contributed by atoms with Crippen LogP contribution in [-0.2, 0) is 6.54 Å². The van der Waals surface area contributed by atoms with Crippen molar-refractivity contribution in [2.75, 3.05) is 11.9 Å². The number of aryl methyl sites for hydroxylation is 3. The number of hydrogen-bond acceptors (Lipinski definition) is 3. The molecule has 21 heavy (non-hydrogen) atoms. The van der Waals surface area contributed by atoms with Gasteiger partial charge >= 0.3 is 0 Å². The third-order valence-corrected chi connectivity index (χ3v) is 3.71. The van der Waals surface area contributed by atoms with Gasteiger partial charge in [-0.25, -0.2) is 9.97 Å². The Morgan fingerprint density at radius 1 is 1.19 bits per heavy atom. The predicted octanol–water partition coefficient (Wildman–Crippen LogP) is 3.55. The first-order valence-corrected chi connectivity index (χ1v) is 7.30. The summed E-state index contributed by atoms with van der Waals surface area (Å²) in [6.07, 6.45) is 6.69. The summed E-state index contributed by atoms with van der Waals surface area (Å²) in [5, 5.41) is 4.66. The highest BCUT2D eigenvalue weighted by molar-refractivity contribution is 5.86. The summed E-state index contributed by atoms with van der Waals surface area (Å²) < 4.78 is 2.09. The quantitative estimate of drug-likeness (QED) is 0.727. The van der Waals surface area contributed by atoms with Gasteiger partial charge in [-0.2, -0.15) is 0 Å². The van der Waals surface area contributed by atoms with Crippen LogP contribution in [0.4, 0.5) is 5.82 Å². The van der Waals surface area contributed by atoms with Crippen molar-refractivity contribution in [3.05, 3.63) is 54.1 Å². The van der Waals surface area contributed by atoms with Crippen molar-refractivity contribution in [3.8, 4) is 0 Å². The van der Waals surface area contributed by atoms with E-state index in [4.69, 9.17) is 4.98 Å². The molecule has 0 bridgehead atoms. The number of rotatable bonds is 5. The summed E-state index contributed by atoms with van der Waals surface area (Å²) in [5.74, 6) is 0.958. The molecule has 2 aromatic heterocycles. The number of para-hydroxylation sites is 1. The predicted molar refractivity (Wildman–Crippen MR) is 86.6 cm³/mol. The molecular formula is C17H20N4. The Balaban J connectivity index is 1.68. The van der Waals surface area contributed by atoms with Crippen LogP contribution in [0.15, 0.2) is 43.0 Å². The summed E-state index contributed by atoms with van der Waals surface area (Å²) >= 11 is 0. The number of anilines is 1. The monoisotopic (exact) mass is 280 g/mol. The Bertz CT molecular complexity index is 732. The number of pyridine rings is 1. The lowest BCUT2D eigenvalue weighted by Crippen LogP contribution is -2.07. The number of imidazole rings is 1. The van der Waals surface area contributed by atoms with E-state index in [-0.39, 0.29) is 0 Å². The zero-order valence-corrected chi connectivity index (χ0v) is 12.5. The van der Waals surface area contributed by atoms with Crippen LogP contribution in [0.25, 0.3) is 10.9 Å². The maximum Gasteiger partial charge on any atom is 0.126 e.